The van der Waals surface area contributed by atoms with Crippen LogP contribution in [-0.2, 0) is 16.1 Å². The molecule has 1 aliphatic heterocycles. The number of benzene rings is 1. The zero-order valence-corrected chi connectivity index (χ0v) is 17.6. The molecule has 2 heterocycles. The summed E-state index contributed by atoms with van der Waals surface area (Å²) in [4.78, 5) is 38.2. The minimum Gasteiger partial charge on any atom is -0.467 e. The van der Waals surface area contributed by atoms with E-state index in [1.54, 1.807) is 35.2 Å². The standard InChI is InChI=1S/C18H17IN4O4S/c19-14-6-2-1-5-13(14)17(26)20-18(28)22-21-16(25)11-8-15(24)23(9-11)10-12-4-3-7-27-12/h1-7,11H,8-10H2,(H,21,25)(H2,20,22,26,28). The molecule has 8 nitrogen and oxygen atoms in total. The highest BCUT2D eigenvalue weighted by Crippen LogP contribution is 2.20. The number of hydrazine groups is 1. The zero-order chi connectivity index (χ0) is 20.1. The molecule has 146 valence electrons. The summed E-state index contributed by atoms with van der Waals surface area (Å²) in [5.74, 6) is -0.722. The molecular formula is C18H17IN4O4S. The van der Waals surface area contributed by atoms with Crippen molar-refractivity contribution in [1.82, 2.24) is 21.1 Å². The molecule has 0 saturated carbocycles. The molecule has 3 rings (SSSR count). The fourth-order valence-electron chi connectivity index (χ4n) is 2.76. The Morgan fingerprint density at radius 2 is 2.00 bits per heavy atom. The van der Waals surface area contributed by atoms with Crippen LogP contribution in [-0.4, -0.2) is 34.3 Å². The molecule has 0 spiro atoms. The summed E-state index contributed by atoms with van der Waals surface area (Å²) in [6.45, 7) is 0.613. The van der Waals surface area contributed by atoms with E-state index in [1.807, 2.05) is 6.07 Å². The number of furan rings is 1. The predicted octanol–water partition coefficient (Wildman–Crippen LogP) is 1.57. The summed E-state index contributed by atoms with van der Waals surface area (Å²) in [6, 6.07) is 10.6. The molecule has 0 aliphatic carbocycles. The molecule has 28 heavy (non-hydrogen) atoms. The Kier molecular flexibility index (Phi) is 6.62. The first-order valence-corrected chi connectivity index (χ1v) is 9.88. The Morgan fingerprint density at radius 1 is 1.21 bits per heavy atom. The van der Waals surface area contributed by atoms with Gasteiger partial charge in [-0.2, -0.15) is 0 Å². The second-order valence-electron chi connectivity index (χ2n) is 6.13. The van der Waals surface area contributed by atoms with Crippen LogP contribution in [0.25, 0.3) is 0 Å². The lowest BCUT2D eigenvalue weighted by Gasteiger charge is -2.16. The van der Waals surface area contributed by atoms with Crippen LogP contribution in [0.5, 0.6) is 0 Å². The topological polar surface area (TPSA) is 104 Å². The molecule has 0 bridgehead atoms. The number of amides is 3. The van der Waals surface area contributed by atoms with Crippen molar-refractivity contribution in [2.45, 2.75) is 13.0 Å². The van der Waals surface area contributed by atoms with Gasteiger partial charge in [0.15, 0.2) is 5.11 Å². The van der Waals surface area contributed by atoms with Crippen molar-refractivity contribution < 1.29 is 18.8 Å². The quantitative estimate of drug-likeness (QED) is 0.327. The number of halogens is 1. The van der Waals surface area contributed by atoms with Gasteiger partial charge in [-0.3, -0.25) is 30.6 Å². The Balaban J connectivity index is 1.46. The maximum atomic E-state index is 12.3. The van der Waals surface area contributed by atoms with E-state index in [0.717, 1.165) is 3.57 Å². The highest BCUT2D eigenvalue weighted by Gasteiger charge is 2.34. The zero-order valence-electron chi connectivity index (χ0n) is 14.6. The molecular weight excluding hydrogens is 495 g/mol. The Bertz CT molecular complexity index is 903. The van der Waals surface area contributed by atoms with E-state index in [2.05, 4.69) is 38.8 Å². The number of carbonyl (C=O) groups excluding carboxylic acids is 3. The summed E-state index contributed by atoms with van der Waals surface area (Å²) in [6.07, 6.45) is 1.64. The van der Waals surface area contributed by atoms with Gasteiger partial charge < -0.3 is 9.32 Å². The fourth-order valence-corrected chi connectivity index (χ4v) is 3.53. The number of thiocarbonyl (C=S) groups is 1. The SMILES string of the molecule is O=C(NC(=S)NNC(=O)C1CC(=O)N(Cc2ccco2)C1)c1ccccc1I. The third kappa shape index (κ3) is 5.07. The van der Waals surface area contributed by atoms with Gasteiger partial charge in [-0.15, -0.1) is 0 Å². The molecule has 1 fully saturated rings. The Labute approximate surface area is 180 Å². The van der Waals surface area contributed by atoms with Gasteiger partial charge >= 0.3 is 0 Å². The number of nitrogens with one attached hydrogen (secondary N) is 3. The van der Waals surface area contributed by atoms with E-state index >= 15 is 0 Å². The minimum atomic E-state index is -0.511. The van der Waals surface area contributed by atoms with E-state index in [4.69, 9.17) is 16.6 Å². The van der Waals surface area contributed by atoms with E-state index in [0.29, 0.717) is 17.9 Å². The maximum absolute atomic E-state index is 12.3. The highest BCUT2D eigenvalue weighted by molar-refractivity contribution is 14.1. The summed E-state index contributed by atoms with van der Waals surface area (Å²) in [7, 11) is 0. The van der Waals surface area contributed by atoms with Gasteiger partial charge in [0.1, 0.15) is 5.76 Å². The molecule has 1 aromatic carbocycles. The summed E-state index contributed by atoms with van der Waals surface area (Å²) >= 11 is 7.09. The molecule has 1 saturated heterocycles. The van der Waals surface area contributed by atoms with Crippen LogP contribution >= 0.6 is 34.8 Å². The lowest BCUT2D eigenvalue weighted by molar-refractivity contribution is -0.129. The molecule has 1 atom stereocenters. The van der Waals surface area contributed by atoms with Crippen molar-refractivity contribution in [2.24, 2.45) is 5.92 Å². The van der Waals surface area contributed by atoms with Gasteiger partial charge in [0, 0.05) is 16.5 Å². The van der Waals surface area contributed by atoms with Crippen LogP contribution in [0.3, 0.4) is 0 Å². The monoisotopic (exact) mass is 512 g/mol. The first-order chi connectivity index (χ1) is 13.4. The average molecular weight is 512 g/mol. The van der Waals surface area contributed by atoms with E-state index < -0.39 is 5.92 Å². The summed E-state index contributed by atoms with van der Waals surface area (Å²) < 4.78 is 6.02. The molecule has 1 aromatic heterocycles. The first-order valence-electron chi connectivity index (χ1n) is 8.40. The highest BCUT2D eigenvalue weighted by atomic mass is 127. The predicted molar refractivity (Wildman–Crippen MR) is 113 cm³/mol. The fraction of sp³-hybridized carbons (Fsp3) is 0.222. The summed E-state index contributed by atoms with van der Waals surface area (Å²) in [5, 5.41) is 2.47. The van der Waals surface area contributed by atoms with Crippen molar-refractivity contribution in [3.63, 3.8) is 0 Å². The van der Waals surface area contributed by atoms with E-state index in [9.17, 15) is 14.4 Å². The molecule has 1 unspecified atom stereocenters. The van der Waals surface area contributed by atoms with Crippen molar-refractivity contribution in [3.8, 4) is 0 Å². The van der Waals surface area contributed by atoms with Crippen molar-refractivity contribution in [1.29, 1.82) is 0 Å². The number of rotatable bonds is 4. The minimum absolute atomic E-state index is 0.0326. The molecule has 0 radical (unpaired) electrons. The van der Waals surface area contributed by atoms with Crippen molar-refractivity contribution in [3.05, 3.63) is 57.6 Å². The van der Waals surface area contributed by atoms with E-state index in [-0.39, 0.29) is 35.8 Å². The molecule has 3 N–H and O–H groups in total. The average Bonchev–Trinajstić information content (AvgIpc) is 3.30. The van der Waals surface area contributed by atoms with Crippen molar-refractivity contribution >= 4 is 57.6 Å². The second-order valence-corrected chi connectivity index (χ2v) is 7.70. The van der Waals surface area contributed by atoms with Gasteiger partial charge in [-0.25, -0.2) is 0 Å². The lowest BCUT2D eigenvalue weighted by atomic mass is 10.1. The molecule has 2 aromatic rings. The summed E-state index contributed by atoms with van der Waals surface area (Å²) in [5.41, 5.74) is 5.43. The van der Waals surface area contributed by atoms with Gasteiger partial charge in [-0.05, 0) is 59.1 Å². The largest absolute Gasteiger partial charge is 0.467 e. The lowest BCUT2D eigenvalue weighted by Crippen LogP contribution is -2.50. The van der Waals surface area contributed by atoms with Gasteiger partial charge in [0.2, 0.25) is 11.8 Å². The number of hydrogen-bond acceptors (Lipinski definition) is 5. The number of hydrogen-bond donors (Lipinski definition) is 3. The number of nitrogens with zero attached hydrogens (tertiary/aromatic N) is 1. The molecule has 3 amide bonds. The van der Waals surface area contributed by atoms with Gasteiger partial charge in [-0.1, -0.05) is 12.1 Å². The van der Waals surface area contributed by atoms with Crippen LogP contribution < -0.4 is 16.2 Å². The molecule has 10 heteroatoms. The number of likely N-dealkylation sites (tertiary alicyclic amines) is 1. The molecule has 1 aliphatic rings. The van der Waals surface area contributed by atoms with Gasteiger partial charge in [0.25, 0.3) is 5.91 Å². The first kappa shape index (κ1) is 20.3. The van der Waals surface area contributed by atoms with Crippen molar-refractivity contribution in [2.75, 3.05) is 6.54 Å². The Hall–Kier alpha value is -2.47. The number of carbonyl (C=O) groups is 3. The van der Waals surface area contributed by atoms with Crippen LogP contribution in [0.1, 0.15) is 22.5 Å². The Morgan fingerprint density at radius 3 is 2.71 bits per heavy atom. The normalized spacial score (nSPS) is 16.0. The van der Waals surface area contributed by atoms with Crippen LogP contribution in [0.4, 0.5) is 0 Å². The van der Waals surface area contributed by atoms with Crippen LogP contribution in [0, 0.1) is 9.49 Å². The maximum Gasteiger partial charge on any atom is 0.258 e. The van der Waals surface area contributed by atoms with Crippen LogP contribution in [0.15, 0.2) is 47.1 Å². The van der Waals surface area contributed by atoms with E-state index in [1.165, 1.54) is 6.26 Å². The third-order valence-electron chi connectivity index (χ3n) is 4.16. The van der Waals surface area contributed by atoms with Crippen LogP contribution in [0.2, 0.25) is 0 Å². The second kappa shape index (κ2) is 9.15. The van der Waals surface area contributed by atoms with Gasteiger partial charge in [0.05, 0.1) is 24.3 Å². The third-order valence-corrected chi connectivity index (χ3v) is 5.30. The smallest absolute Gasteiger partial charge is 0.258 e.